The van der Waals surface area contributed by atoms with E-state index in [2.05, 4.69) is 56.8 Å². The Morgan fingerprint density at radius 3 is 1.75 bits per heavy atom. The molecule has 0 heterocycles. The quantitative estimate of drug-likeness (QED) is 0.251. The molecule has 0 aliphatic heterocycles. The Morgan fingerprint density at radius 1 is 0.875 bits per heavy atom. The van der Waals surface area contributed by atoms with Crippen molar-refractivity contribution in [2.75, 3.05) is 5.73 Å². The first-order chi connectivity index (χ1) is 10.5. The van der Waals surface area contributed by atoms with Crippen LogP contribution in [0.3, 0.4) is 0 Å². The van der Waals surface area contributed by atoms with Gasteiger partial charge < -0.3 is 5.73 Å². The number of rotatable bonds is 1. The molecule has 1 unspecified atom stereocenters. The molecule has 24 heavy (non-hydrogen) atoms. The normalized spacial score (nSPS) is 11.3. The zero-order chi connectivity index (χ0) is 17.7. The second kappa shape index (κ2) is 9.72. The Kier molecular flexibility index (Phi) is 9.45. The van der Waals surface area contributed by atoms with Crippen molar-refractivity contribution in [3.63, 3.8) is 0 Å². The van der Waals surface area contributed by atoms with Gasteiger partial charge >= 0.3 is 0 Å². The van der Waals surface area contributed by atoms with Crippen molar-refractivity contribution in [3.05, 3.63) is 54.6 Å². The molecule has 0 aromatic heterocycles. The fourth-order valence-electron chi connectivity index (χ4n) is 2.60. The van der Waals surface area contributed by atoms with Crippen molar-refractivity contribution in [3.8, 4) is 11.1 Å². The van der Waals surface area contributed by atoms with Crippen LogP contribution in [0.5, 0.6) is 0 Å². The third-order valence-corrected chi connectivity index (χ3v) is 5.83. The van der Waals surface area contributed by atoms with E-state index in [-0.39, 0.29) is 20.4 Å². The summed E-state index contributed by atoms with van der Waals surface area (Å²) in [5.74, 6) is 0. The summed E-state index contributed by atoms with van der Waals surface area (Å²) < 4.78 is 0. The summed E-state index contributed by atoms with van der Waals surface area (Å²) in [4.78, 5) is 0. The summed E-state index contributed by atoms with van der Waals surface area (Å²) in [6, 6.07) is 18.8. The molecular weight excluding hydrogens is 404 g/mol. The largest absolute Gasteiger partial charge is 0.406 e. The minimum absolute atomic E-state index is 0. The molecule has 0 aliphatic rings. The Hall–Kier alpha value is -0.668. The molecule has 0 fully saturated rings. The molecule has 0 amide bonds. The van der Waals surface area contributed by atoms with E-state index in [1.807, 2.05) is 48.5 Å². The zero-order valence-electron chi connectivity index (χ0n) is 15.7. The van der Waals surface area contributed by atoms with Gasteiger partial charge in [0.2, 0.25) is 0 Å². The number of nitrogens with two attached hydrogens (primary N) is 1. The van der Waals surface area contributed by atoms with Gasteiger partial charge in [-0.1, -0.05) is 65.3 Å². The maximum atomic E-state index is 5.83. The first kappa shape index (κ1) is 23.3. The van der Waals surface area contributed by atoms with Gasteiger partial charge in [-0.05, 0) is 28.2 Å². The van der Waals surface area contributed by atoms with E-state index < -0.39 is 0 Å². The van der Waals surface area contributed by atoms with E-state index in [0.717, 1.165) is 16.8 Å². The second-order valence-electron chi connectivity index (χ2n) is 8.07. The van der Waals surface area contributed by atoms with E-state index in [1.165, 1.54) is 0 Å². The number of hydrogen-bond donors (Lipinski definition) is 1. The van der Waals surface area contributed by atoms with E-state index in [1.54, 1.807) is 0 Å². The Labute approximate surface area is 164 Å². The van der Waals surface area contributed by atoms with Crippen molar-refractivity contribution in [1.82, 2.24) is 0 Å². The van der Waals surface area contributed by atoms with Crippen LogP contribution in [-0.4, -0.2) is 5.66 Å². The first-order valence-corrected chi connectivity index (χ1v) is 8.77. The average Bonchev–Trinajstić information content (AvgIpc) is 2.47. The Morgan fingerprint density at radius 2 is 1.38 bits per heavy atom. The van der Waals surface area contributed by atoms with Gasteiger partial charge in [0.25, 0.3) is 0 Å². The van der Waals surface area contributed by atoms with Crippen LogP contribution in [0.15, 0.2) is 48.5 Å². The third kappa shape index (κ3) is 7.48. The van der Waals surface area contributed by atoms with E-state index >= 15 is 0 Å². The van der Waals surface area contributed by atoms with Gasteiger partial charge in [-0.15, -0.1) is 45.1 Å². The van der Waals surface area contributed by atoms with Crippen molar-refractivity contribution in [2.24, 2.45) is 10.8 Å². The molecule has 2 aromatic carbocycles. The van der Waals surface area contributed by atoms with Crippen molar-refractivity contribution >= 4 is 14.9 Å². The summed E-state index contributed by atoms with van der Waals surface area (Å²) in [5, 5.41) is 0. The monoisotopic (exact) mass is 434 g/mol. The molecule has 0 radical (unpaired) electrons. The molecule has 0 bridgehead atoms. The molecule has 2 aromatic rings. The number of benzene rings is 2. The van der Waals surface area contributed by atoms with Crippen molar-refractivity contribution in [1.29, 1.82) is 0 Å². The topological polar surface area (TPSA) is 26.0 Å². The number of para-hydroxylation sites is 1. The molecule has 2 N–H and O–H groups in total. The summed E-state index contributed by atoms with van der Waals surface area (Å²) in [7, 11) is 2.95. The number of hydrogen-bond acceptors (Lipinski definition) is 1. The maximum absolute atomic E-state index is 5.83. The van der Waals surface area contributed by atoms with Crippen LogP contribution >= 0.6 is 9.24 Å². The number of anilines is 1. The summed E-state index contributed by atoms with van der Waals surface area (Å²) in [5.41, 5.74) is 10.2. The molecule has 0 aliphatic carbocycles. The summed E-state index contributed by atoms with van der Waals surface area (Å²) in [6.45, 7) is 13.7. The molecule has 3 heteroatoms. The fourth-order valence-corrected chi connectivity index (χ4v) is 2.60. The van der Waals surface area contributed by atoms with Gasteiger partial charge in [0, 0.05) is 20.4 Å². The molecule has 0 saturated carbocycles. The minimum Gasteiger partial charge on any atom is -0.406 e. The average molecular weight is 435 g/mol. The first-order valence-electron chi connectivity index (χ1n) is 8.10. The van der Waals surface area contributed by atoms with Crippen molar-refractivity contribution < 1.29 is 20.4 Å². The fraction of sp³-hybridized carbons (Fsp3) is 0.429. The van der Waals surface area contributed by atoms with E-state index in [0.29, 0.717) is 16.5 Å². The molecule has 2 rings (SSSR count). The predicted molar refractivity (Wildman–Crippen MR) is 108 cm³/mol. The minimum atomic E-state index is 0. The second-order valence-corrected chi connectivity index (χ2v) is 8.74. The van der Waals surface area contributed by atoms with Gasteiger partial charge in [-0.3, -0.25) is 0 Å². The van der Waals surface area contributed by atoms with E-state index in [4.69, 9.17) is 5.73 Å². The Bertz CT molecular complexity index is 583. The molecule has 0 saturated heterocycles. The zero-order valence-corrected chi connectivity index (χ0v) is 18.4. The van der Waals surface area contributed by atoms with Crippen LogP contribution in [0.2, 0.25) is 0 Å². The molecule has 1 atom stereocenters. The molecular formula is C21H31NPPd-. The van der Waals surface area contributed by atoms with Gasteiger partial charge in [-0.25, -0.2) is 0 Å². The molecule has 1 nitrogen and oxygen atoms in total. The molecule has 0 spiro atoms. The van der Waals surface area contributed by atoms with Crippen LogP contribution in [-0.2, 0) is 20.4 Å². The SMILES string of the molecule is CC(C)(C)C(P)C(C)(C)C.Nc1ccccc1-c1[c-]cccc1.[Pd]. The van der Waals surface area contributed by atoms with Crippen LogP contribution in [0, 0.1) is 16.9 Å². The smallest absolute Gasteiger partial charge is 0 e. The third-order valence-electron chi connectivity index (χ3n) is 3.83. The van der Waals surface area contributed by atoms with Gasteiger partial charge in [0.1, 0.15) is 0 Å². The van der Waals surface area contributed by atoms with Crippen molar-refractivity contribution in [2.45, 2.75) is 47.2 Å². The van der Waals surface area contributed by atoms with Gasteiger partial charge in [0.05, 0.1) is 0 Å². The Balaban J connectivity index is 0.000000441. The van der Waals surface area contributed by atoms with Crippen LogP contribution < -0.4 is 5.73 Å². The van der Waals surface area contributed by atoms with Gasteiger partial charge in [0.15, 0.2) is 0 Å². The molecule has 136 valence electrons. The maximum Gasteiger partial charge on any atom is 0 e. The predicted octanol–water partition coefficient (Wildman–Crippen LogP) is 6.06. The van der Waals surface area contributed by atoms with Gasteiger partial charge in [-0.2, -0.15) is 0 Å². The standard InChI is InChI=1S/C12H10N.C9H21P.Pd/c13-12-9-5-4-8-11(12)10-6-2-1-3-7-10;1-8(2,3)7(10)9(4,5)6;/h1-6,8-9H,13H2;7H,10H2,1-6H3;/q-1;;. The summed E-state index contributed by atoms with van der Waals surface area (Å²) in [6.07, 6.45) is 0. The van der Waals surface area contributed by atoms with Crippen LogP contribution in [0.4, 0.5) is 5.69 Å². The number of nitrogen functional groups attached to an aromatic ring is 1. The van der Waals surface area contributed by atoms with E-state index in [9.17, 15) is 0 Å². The van der Waals surface area contributed by atoms with Crippen LogP contribution in [0.25, 0.3) is 11.1 Å². The summed E-state index contributed by atoms with van der Waals surface area (Å²) >= 11 is 0. The van der Waals surface area contributed by atoms with Crippen LogP contribution in [0.1, 0.15) is 41.5 Å².